The first-order chi connectivity index (χ1) is 20.7. The number of carbonyl (C=O) groups is 3. The summed E-state index contributed by atoms with van der Waals surface area (Å²) in [5.74, 6) is -1.19. The number of anilines is 2. The summed E-state index contributed by atoms with van der Waals surface area (Å²) in [6.07, 6.45) is 6.91. The molecule has 2 heterocycles. The topological polar surface area (TPSA) is 127 Å². The van der Waals surface area contributed by atoms with E-state index in [0.29, 0.717) is 24.4 Å². The molecular formula is C33H41N5O4S. The minimum absolute atomic E-state index is 0.0287. The van der Waals surface area contributed by atoms with Gasteiger partial charge in [0.25, 0.3) is 11.8 Å². The van der Waals surface area contributed by atoms with Gasteiger partial charge in [0.05, 0.1) is 11.8 Å². The van der Waals surface area contributed by atoms with Crippen LogP contribution in [0.25, 0.3) is 0 Å². The first-order valence-electron chi connectivity index (χ1n) is 15.2. The minimum atomic E-state index is -1.00. The smallest absolute Gasteiger partial charge is 0.273 e. The maximum Gasteiger partial charge on any atom is 0.273 e. The molecule has 2 aliphatic rings. The molecule has 3 aromatic rings. The maximum atomic E-state index is 14.6. The number of nitrogens with one attached hydrogen (secondary N) is 2. The highest BCUT2D eigenvalue weighted by atomic mass is 32.1. The number of nitrogen functional groups attached to an aromatic ring is 1. The molecular weight excluding hydrogens is 562 g/mol. The standard InChI is InChI=1S/C33H41N5O4S/c1-20-12-15-23(16-13-20)29(32(40)35-19-25-10-7-17-42-25)38(26-18-21(2)11-14-22(26)3)33(41)30-27(34)28(37-43-30)31(39)36-24-8-5-4-6-9-24/h11-16,18,24-25,29H,4-10,17,19,34H2,1-3H3,(H,35,40)(H,36,39). The van der Waals surface area contributed by atoms with Gasteiger partial charge in [0.15, 0.2) is 5.69 Å². The summed E-state index contributed by atoms with van der Waals surface area (Å²) in [6, 6.07) is 12.5. The molecule has 1 aromatic heterocycles. The second-order valence-corrected chi connectivity index (χ2v) is 12.5. The number of aryl methyl sites for hydroxylation is 3. The molecule has 2 fully saturated rings. The first kappa shape index (κ1) is 30.7. The summed E-state index contributed by atoms with van der Waals surface area (Å²) in [6.45, 7) is 6.85. The van der Waals surface area contributed by atoms with Crippen molar-refractivity contribution in [3.05, 3.63) is 75.3 Å². The van der Waals surface area contributed by atoms with E-state index in [4.69, 9.17) is 10.5 Å². The number of hydrogen-bond donors (Lipinski definition) is 3. The predicted molar refractivity (Wildman–Crippen MR) is 169 cm³/mol. The van der Waals surface area contributed by atoms with Crippen molar-refractivity contribution in [1.29, 1.82) is 0 Å². The Morgan fingerprint density at radius 3 is 2.42 bits per heavy atom. The van der Waals surface area contributed by atoms with E-state index in [-0.39, 0.29) is 40.2 Å². The number of aromatic nitrogens is 1. The van der Waals surface area contributed by atoms with Crippen LogP contribution in [-0.4, -0.2) is 47.4 Å². The van der Waals surface area contributed by atoms with Crippen LogP contribution in [-0.2, 0) is 9.53 Å². The van der Waals surface area contributed by atoms with Gasteiger partial charge in [-0.25, -0.2) is 0 Å². The molecule has 9 nitrogen and oxygen atoms in total. The van der Waals surface area contributed by atoms with Gasteiger partial charge in [-0.3, -0.25) is 19.3 Å². The molecule has 1 saturated heterocycles. The molecule has 10 heteroatoms. The molecule has 228 valence electrons. The number of hydrogen-bond acceptors (Lipinski definition) is 7. The van der Waals surface area contributed by atoms with Crippen LogP contribution < -0.4 is 21.3 Å². The second-order valence-electron chi connectivity index (χ2n) is 11.7. The maximum absolute atomic E-state index is 14.6. The van der Waals surface area contributed by atoms with Gasteiger partial charge in [-0.2, -0.15) is 4.37 Å². The quantitative estimate of drug-likeness (QED) is 0.301. The lowest BCUT2D eigenvalue weighted by Crippen LogP contribution is -2.46. The van der Waals surface area contributed by atoms with Gasteiger partial charge in [-0.05, 0) is 80.7 Å². The Morgan fingerprint density at radius 2 is 1.72 bits per heavy atom. The SMILES string of the molecule is Cc1ccc(C(C(=O)NCC2CCCO2)N(C(=O)c2snc(C(=O)NC3CCCCC3)c2N)c2cc(C)ccc2C)cc1. The Morgan fingerprint density at radius 1 is 1.00 bits per heavy atom. The molecule has 1 saturated carbocycles. The van der Waals surface area contributed by atoms with Crippen LogP contribution in [0.15, 0.2) is 42.5 Å². The third kappa shape index (κ3) is 7.08. The predicted octanol–water partition coefficient (Wildman–Crippen LogP) is 5.40. The fourth-order valence-corrected chi connectivity index (χ4v) is 6.59. The monoisotopic (exact) mass is 603 g/mol. The van der Waals surface area contributed by atoms with Gasteiger partial charge in [0.2, 0.25) is 5.91 Å². The normalized spacial score (nSPS) is 17.8. The van der Waals surface area contributed by atoms with Gasteiger partial charge in [0.1, 0.15) is 10.9 Å². The summed E-state index contributed by atoms with van der Waals surface area (Å²) in [5, 5.41) is 6.09. The third-order valence-corrected chi connectivity index (χ3v) is 9.20. The van der Waals surface area contributed by atoms with Crippen LogP contribution in [0.3, 0.4) is 0 Å². The van der Waals surface area contributed by atoms with Crippen LogP contribution in [0.2, 0.25) is 0 Å². The van der Waals surface area contributed by atoms with Crippen molar-refractivity contribution in [2.45, 2.75) is 83.9 Å². The van der Waals surface area contributed by atoms with E-state index in [1.807, 2.05) is 63.2 Å². The third-order valence-electron chi connectivity index (χ3n) is 8.35. The second kappa shape index (κ2) is 13.7. The van der Waals surface area contributed by atoms with Crippen molar-refractivity contribution in [1.82, 2.24) is 15.0 Å². The highest BCUT2D eigenvalue weighted by Crippen LogP contribution is 2.35. The molecule has 2 unspecified atom stereocenters. The Kier molecular flexibility index (Phi) is 9.77. The lowest BCUT2D eigenvalue weighted by molar-refractivity contribution is -0.123. The summed E-state index contributed by atoms with van der Waals surface area (Å²) in [7, 11) is 0. The van der Waals surface area contributed by atoms with Crippen LogP contribution in [0, 0.1) is 20.8 Å². The number of ether oxygens (including phenoxy) is 1. The summed E-state index contributed by atoms with van der Waals surface area (Å²) in [5.41, 5.74) is 10.6. The fourth-order valence-electron chi connectivity index (χ4n) is 5.85. The summed E-state index contributed by atoms with van der Waals surface area (Å²) >= 11 is 0.889. The number of benzene rings is 2. The van der Waals surface area contributed by atoms with E-state index in [2.05, 4.69) is 15.0 Å². The Hall–Kier alpha value is -3.76. The average Bonchev–Trinajstić information content (AvgIpc) is 3.67. The van der Waals surface area contributed by atoms with Crippen molar-refractivity contribution in [3.8, 4) is 0 Å². The molecule has 1 aliphatic carbocycles. The van der Waals surface area contributed by atoms with Crippen LogP contribution in [0.4, 0.5) is 11.4 Å². The van der Waals surface area contributed by atoms with Gasteiger partial charge < -0.3 is 21.1 Å². The first-order valence-corrected chi connectivity index (χ1v) is 15.9. The van der Waals surface area contributed by atoms with Crippen LogP contribution in [0.1, 0.15) is 93.4 Å². The molecule has 2 aromatic carbocycles. The van der Waals surface area contributed by atoms with E-state index >= 15 is 0 Å². The zero-order chi connectivity index (χ0) is 30.5. The number of nitrogens with zero attached hydrogens (tertiary/aromatic N) is 2. The zero-order valence-corrected chi connectivity index (χ0v) is 26.0. The molecule has 5 rings (SSSR count). The molecule has 1 aliphatic heterocycles. The molecule has 0 spiro atoms. The minimum Gasteiger partial charge on any atom is -0.395 e. The highest BCUT2D eigenvalue weighted by Gasteiger charge is 2.37. The highest BCUT2D eigenvalue weighted by molar-refractivity contribution is 7.09. The number of carbonyl (C=O) groups excluding carboxylic acids is 3. The Balaban J connectivity index is 1.54. The van der Waals surface area contributed by atoms with E-state index < -0.39 is 11.9 Å². The van der Waals surface area contributed by atoms with Crippen LogP contribution in [0.5, 0.6) is 0 Å². The van der Waals surface area contributed by atoms with E-state index in [0.717, 1.165) is 66.7 Å². The zero-order valence-electron chi connectivity index (χ0n) is 25.2. The molecule has 0 bridgehead atoms. The molecule has 0 radical (unpaired) electrons. The van der Waals surface area contributed by atoms with E-state index in [9.17, 15) is 14.4 Å². The Labute approximate surface area is 257 Å². The lowest BCUT2D eigenvalue weighted by Gasteiger charge is -2.33. The number of rotatable bonds is 9. The Bertz CT molecular complexity index is 1460. The van der Waals surface area contributed by atoms with Crippen molar-refractivity contribution in [2.75, 3.05) is 23.8 Å². The van der Waals surface area contributed by atoms with Crippen molar-refractivity contribution in [2.24, 2.45) is 0 Å². The molecule has 4 N–H and O–H groups in total. The number of amides is 3. The number of nitrogens with two attached hydrogens (primary N) is 1. The van der Waals surface area contributed by atoms with Crippen molar-refractivity contribution < 1.29 is 19.1 Å². The van der Waals surface area contributed by atoms with Gasteiger partial charge in [-0.1, -0.05) is 61.2 Å². The van der Waals surface area contributed by atoms with E-state index in [1.54, 1.807) is 0 Å². The average molecular weight is 604 g/mol. The van der Waals surface area contributed by atoms with Gasteiger partial charge in [0, 0.05) is 24.9 Å². The van der Waals surface area contributed by atoms with Crippen molar-refractivity contribution >= 4 is 40.6 Å². The van der Waals surface area contributed by atoms with E-state index in [1.165, 1.54) is 11.3 Å². The fraction of sp³-hybridized carbons (Fsp3) is 0.455. The van der Waals surface area contributed by atoms with Crippen molar-refractivity contribution in [3.63, 3.8) is 0 Å². The summed E-state index contributed by atoms with van der Waals surface area (Å²) < 4.78 is 10.1. The van der Waals surface area contributed by atoms with Crippen LogP contribution >= 0.6 is 11.5 Å². The molecule has 43 heavy (non-hydrogen) atoms. The van der Waals surface area contributed by atoms with Gasteiger partial charge >= 0.3 is 0 Å². The summed E-state index contributed by atoms with van der Waals surface area (Å²) in [4.78, 5) is 43.5. The van der Waals surface area contributed by atoms with Gasteiger partial charge in [-0.15, -0.1) is 0 Å². The molecule has 2 atom stereocenters. The molecule has 3 amide bonds. The lowest BCUT2D eigenvalue weighted by atomic mass is 9.95. The largest absolute Gasteiger partial charge is 0.395 e.